The van der Waals surface area contributed by atoms with Crippen LogP contribution in [-0.4, -0.2) is 56.4 Å². The van der Waals surface area contributed by atoms with Gasteiger partial charge in [-0.1, -0.05) is 0 Å². The van der Waals surface area contributed by atoms with Crippen molar-refractivity contribution < 1.29 is 41.1 Å². The van der Waals surface area contributed by atoms with Crippen LogP contribution in [0.1, 0.15) is 6.92 Å². The molecule has 1 aliphatic rings. The zero-order valence-electron chi connectivity index (χ0n) is 12.2. The molecule has 2 N–H and O–H groups in total. The van der Waals surface area contributed by atoms with Crippen LogP contribution in [0.2, 0.25) is 0 Å². The third-order valence-corrected chi connectivity index (χ3v) is 4.67. The molecule has 1 aromatic rings. The van der Waals surface area contributed by atoms with Crippen LogP contribution in [0.5, 0.6) is 0 Å². The fourth-order valence-corrected chi connectivity index (χ4v) is 3.33. The van der Waals surface area contributed by atoms with Crippen molar-refractivity contribution in [3.05, 3.63) is 29.8 Å². The maximum absolute atomic E-state index is 13.2. The van der Waals surface area contributed by atoms with E-state index in [1.54, 1.807) is 0 Å². The van der Waals surface area contributed by atoms with E-state index in [-0.39, 0.29) is 0 Å². The van der Waals surface area contributed by atoms with Crippen molar-refractivity contribution in [2.24, 2.45) is 0 Å². The summed E-state index contributed by atoms with van der Waals surface area (Å²) in [6, 6.07) is 1.63. The summed E-state index contributed by atoms with van der Waals surface area (Å²) >= 11 is 0. The molecular formula is C13H16F2O7S. The zero-order chi connectivity index (χ0) is 17.4. The summed E-state index contributed by atoms with van der Waals surface area (Å²) in [5, 5.41) is 20.0. The second-order valence-electron chi connectivity index (χ2n) is 5.05. The number of halogens is 2. The van der Waals surface area contributed by atoms with Gasteiger partial charge in [-0.25, -0.2) is 8.78 Å². The lowest BCUT2D eigenvalue weighted by molar-refractivity contribution is -0.280. The molecule has 1 fully saturated rings. The number of methoxy groups -OCH3 is 1. The first kappa shape index (κ1) is 18.2. The SMILES string of the molecule is CO[C@@H]1O[C@@H](C)[C@@H](O)[C@@H](OS(=O)(=O)c2cc(F)cc(F)c2)[C@@H]1O. The van der Waals surface area contributed by atoms with E-state index in [0.29, 0.717) is 18.2 Å². The molecule has 0 radical (unpaired) electrons. The summed E-state index contributed by atoms with van der Waals surface area (Å²) in [6.45, 7) is 1.42. The monoisotopic (exact) mass is 354 g/mol. The molecule has 0 spiro atoms. The molecule has 0 saturated carbocycles. The minimum atomic E-state index is -4.64. The van der Waals surface area contributed by atoms with E-state index in [1.807, 2.05) is 0 Å². The molecule has 23 heavy (non-hydrogen) atoms. The first-order valence-electron chi connectivity index (χ1n) is 6.59. The number of rotatable bonds is 4. The van der Waals surface area contributed by atoms with Crippen LogP contribution >= 0.6 is 0 Å². The van der Waals surface area contributed by atoms with Gasteiger partial charge in [-0.2, -0.15) is 8.42 Å². The zero-order valence-corrected chi connectivity index (χ0v) is 13.0. The highest BCUT2D eigenvalue weighted by atomic mass is 32.2. The van der Waals surface area contributed by atoms with Gasteiger partial charge in [0.15, 0.2) is 6.29 Å². The maximum atomic E-state index is 13.2. The highest BCUT2D eigenvalue weighted by Gasteiger charge is 2.46. The third-order valence-electron chi connectivity index (χ3n) is 3.38. The highest BCUT2D eigenvalue weighted by Crippen LogP contribution is 2.27. The number of aliphatic hydroxyl groups is 2. The fourth-order valence-electron chi connectivity index (χ4n) is 2.18. The predicted molar refractivity (Wildman–Crippen MR) is 71.8 cm³/mol. The van der Waals surface area contributed by atoms with Gasteiger partial charge in [0.05, 0.1) is 11.0 Å². The Morgan fingerprint density at radius 1 is 1.13 bits per heavy atom. The van der Waals surface area contributed by atoms with E-state index in [0.717, 1.165) is 0 Å². The molecule has 1 aromatic carbocycles. The van der Waals surface area contributed by atoms with E-state index >= 15 is 0 Å². The average molecular weight is 354 g/mol. The Balaban J connectivity index is 2.30. The van der Waals surface area contributed by atoms with E-state index in [1.165, 1.54) is 14.0 Å². The number of aliphatic hydroxyl groups excluding tert-OH is 2. The second-order valence-corrected chi connectivity index (χ2v) is 6.62. The summed E-state index contributed by atoms with van der Waals surface area (Å²) in [7, 11) is -3.42. The van der Waals surface area contributed by atoms with Crippen molar-refractivity contribution >= 4 is 10.1 Å². The van der Waals surface area contributed by atoms with Crippen molar-refractivity contribution in [1.82, 2.24) is 0 Å². The maximum Gasteiger partial charge on any atom is 0.297 e. The summed E-state index contributed by atoms with van der Waals surface area (Å²) < 4.78 is 65.4. The Bertz CT molecular complexity index is 646. The van der Waals surface area contributed by atoms with Crippen LogP contribution < -0.4 is 0 Å². The van der Waals surface area contributed by atoms with Crippen molar-refractivity contribution in [3.63, 3.8) is 0 Å². The summed E-state index contributed by atoms with van der Waals surface area (Å²) in [5.41, 5.74) is 0. The molecule has 0 bridgehead atoms. The molecule has 7 nitrogen and oxygen atoms in total. The third kappa shape index (κ3) is 3.84. The first-order valence-corrected chi connectivity index (χ1v) is 8.00. The van der Waals surface area contributed by atoms with E-state index < -0.39 is 57.4 Å². The van der Waals surface area contributed by atoms with Crippen LogP contribution in [0.15, 0.2) is 23.1 Å². The Morgan fingerprint density at radius 3 is 2.22 bits per heavy atom. The molecule has 1 saturated heterocycles. The van der Waals surface area contributed by atoms with Gasteiger partial charge in [0.25, 0.3) is 10.1 Å². The lowest BCUT2D eigenvalue weighted by Gasteiger charge is -2.40. The van der Waals surface area contributed by atoms with Gasteiger partial charge < -0.3 is 19.7 Å². The molecular weight excluding hydrogens is 338 g/mol. The lowest BCUT2D eigenvalue weighted by atomic mass is 10.0. The number of ether oxygens (including phenoxy) is 2. The Hall–Kier alpha value is -1.17. The summed E-state index contributed by atoms with van der Waals surface area (Å²) in [6.07, 6.45) is -6.87. The van der Waals surface area contributed by atoms with E-state index in [2.05, 4.69) is 0 Å². The van der Waals surface area contributed by atoms with Crippen LogP contribution in [0.25, 0.3) is 0 Å². The molecule has 2 rings (SSSR count). The number of hydrogen-bond acceptors (Lipinski definition) is 7. The van der Waals surface area contributed by atoms with Crippen molar-refractivity contribution in [2.45, 2.75) is 42.5 Å². The molecule has 0 unspecified atom stereocenters. The fraction of sp³-hybridized carbons (Fsp3) is 0.538. The van der Waals surface area contributed by atoms with Crippen molar-refractivity contribution in [3.8, 4) is 0 Å². The number of benzene rings is 1. The molecule has 10 heteroatoms. The van der Waals surface area contributed by atoms with E-state index in [9.17, 15) is 27.4 Å². The molecule has 0 amide bonds. The van der Waals surface area contributed by atoms with Gasteiger partial charge in [0.2, 0.25) is 0 Å². The van der Waals surface area contributed by atoms with Gasteiger partial charge in [0, 0.05) is 13.2 Å². The van der Waals surface area contributed by atoms with Gasteiger partial charge in [0.1, 0.15) is 29.9 Å². The van der Waals surface area contributed by atoms with Crippen LogP contribution in [0.3, 0.4) is 0 Å². The normalized spacial score (nSPS) is 32.0. The predicted octanol–water partition coefficient (Wildman–Crippen LogP) is 0.152. The Kier molecular flexibility index (Phi) is 5.33. The van der Waals surface area contributed by atoms with Gasteiger partial charge >= 0.3 is 0 Å². The van der Waals surface area contributed by atoms with Crippen LogP contribution in [-0.2, 0) is 23.8 Å². The summed E-state index contributed by atoms with van der Waals surface area (Å²) in [4.78, 5) is -0.775. The Labute approximate surface area is 131 Å². The van der Waals surface area contributed by atoms with Gasteiger partial charge in [-0.3, -0.25) is 4.18 Å². The Morgan fingerprint density at radius 2 is 1.70 bits per heavy atom. The quantitative estimate of drug-likeness (QED) is 0.742. The lowest BCUT2D eigenvalue weighted by Crippen LogP contribution is -2.58. The first-order chi connectivity index (χ1) is 10.7. The largest absolute Gasteiger partial charge is 0.388 e. The van der Waals surface area contributed by atoms with Crippen molar-refractivity contribution in [2.75, 3.05) is 7.11 Å². The van der Waals surface area contributed by atoms with Gasteiger partial charge in [-0.05, 0) is 19.1 Å². The van der Waals surface area contributed by atoms with Crippen molar-refractivity contribution in [1.29, 1.82) is 0 Å². The van der Waals surface area contributed by atoms with Crippen LogP contribution in [0.4, 0.5) is 8.78 Å². The molecule has 0 aromatic heterocycles. The summed E-state index contributed by atoms with van der Waals surface area (Å²) in [5.74, 6) is -2.22. The smallest absolute Gasteiger partial charge is 0.297 e. The van der Waals surface area contributed by atoms with Crippen LogP contribution in [0, 0.1) is 11.6 Å². The molecule has 5 atom stereocenters. The standard InChI is InChI=1S/C13H16F2O7S/c1-6-10(16)12(11(17)13(20-2)21-6)22-23(18,19)9-4-7(14)3-8(15)5-9/h3-6,10-13,16-17H,1-2H3/t6-,10+,11-,12+,13+/m0/s1. The minimum absolute atomic E-state index is 0.500. The highest BCUT2D eigenvalue weighted by molar-refractivity contribution is 7.86. The second kappa shape index (κ2) is 6.75. The van der Waals surface area contributed by atoms with Gasteiger partial charge in [-0.15, -0.1) is 0 Å². The van der Waals surface area contributed by atoms with E-state index in [4.69, 9.17) is 13.7 Å². The molecule has 0 aliphatic carbocycles. The molecule has 1 heterocycles. The number of hydrogen-bond donors (Lipinski definition) is 2. The average Bonchev–Trinajstić information content (AvgIpc) is 2.46. The molecule has 1 aliphatic heterocycles. The topological polar surface area (TPSA) is 102 Å². The molecule has 130 valence electrons. The minimum Gasteiger partial charge on any atom is -0.388 e.